The van der Waals surface area contributed by atoms with Gasteiger partial charge in [0.05, 0.1) is 74.4 Å². The van der Waals surface area contributed by atoms with E-state index in [1.54, 1.807) is 27.7 Å². The Hall–Kier alpha value is -5.44. The molecular weight excluding hydrogens is 1260 g/mol. The molecule has 1 spiro atoms. The smallest absolute Gasteiger partial charge is 0.346 e. The third-order valence-electron chi connectivity index (χ3n) is 21.8. The van der Waals surface area contributed by atoms with Gasteiger partial charge in [-0.2, -0.15) is 0 Å². The third-order valence-corrected chi connectivity index (χ3v) is 21.8. The Morgan fingerprint density at radius 3 is 2.07 bits per heavy atom. The Labute approximate surface area is 557 Å². The molecule has 6 saturated heterocycles. The highest BCUT2D eigenvalue weighted by atomic mass is 16.8. The molecule has 0 unspecified atom stereocenters. The number of aliphatic hydroxyl groups excluding tert-OH is 4. The van der Waals surface area contributed by atoms with Crippen LogP contribution in [-0.2, 0) is 95.1 Å². The highest BCUT2D eigenvalue weighted by molar-refractivity contribution is 6.26. The number of nitrogens with zero attached hydrogens (tertiary/aromatic N) is 1. The average Bonchev–Trinajstić information content (AvgIpc) is 1.14. The molecule has 6 heterocycles. The zero-order valence-corrected chi connectivity index (χ0v) is 56.5. The van der Waals surface area contributed by atoms with Gasteiger partial charge < -0.3 is 92.5 Å². The molecule has 96 heavy (non-hydrogen) atoms. The summed E-state index contributed by atoms with van der Waals surface area (Å²) in [6.45, 7) is 18.0. The van der Waals surface area contributed by atoms with Crippen molar-refractivity contribution in [3.63, 3.8) is 0 Å². The molecule has 2 bridgehead atoms. The fourth-order valence-corrected chi connectivity index (χ4v) is 16.7. The van der Waals surface area contributed by atoms with Crippen LogP contribution in [0, 0.1) is 51.0 Å². The van der Waals surface area contributed by atoms with Crippen LogP contribution in [0.5, 0.6) is 0 Å². The molecule has 0 aromatic rings. The molecule has 28 nitrogen and oxygen atoms in total. The highest BCUT2D eigenvalue weighted by Crippen LogP contribution is 2.61. The van der Waals surface area contributed by atoms with Gasteiger partial charge in [-0.15, -0.1) is 0 Å². The van der Waals surface area contributed by atoms with Crippen molar-refractivity contribution in [2.24, 2.45) is 46.7 Å². The summed E-state index contributed by atoms with van der Waals surface area (Å²) in [6, 6.07) is -1.44. The Kier molecular flexibility index (Phi) is 22.4. The van der Waals surface area contributed by atoms with Gasteiger partial charge >= 0.3 is 23.9 Å². The Bertz CT molecular complexity index is 3080. The second kappa shape index (κ2) is 29.4. The molecule has 4 aliphatic carbocycles. The number of ketones is 1. The average molecular weight is 1360 g/mol. The minimum absolute atomic E-state index is 0.0208. The van der Waals surface area contributed by atoms with Gasteiger partial charge in [0.25, 0.3) is 0 Å². The quantitative estimate of drug-likeness (QED) is 0.0267. The van der Waals surface area contributed by atoms with Gasteiger partial charge in [-0.1, -0.05) is 50.6 Å². The van der Waals surface area contributed by atoms with E-state index in [0.29, 0.717) is 49.5 Å². The highest BCUT2D eigenvalue weighted by Gasteiger charge is 2.65. The number of allylic oxidation sites excluding steroid dienone is 3. The fourth-order valence-electron chi connectivity index (χ4n) is 16.7. The number of nitro groups is 1. The summed E-state index contributed by atoms with van der Waals surface area (Å²) in [7, 11) is 1.09. The number of fused-ring (bicyclic) bond motifs is 4. The number of nitrogens with two attached hydrogens (primary N) is 1. The topological polar surface area (TPSA) is 382 Å². The lowest BCUT2D eigenvalue weighted by atomic mass is 9.49. The van der Waals surface area contributed by atoms with E-state index in [2.05, 4.69) is 0 Å². The summed E-state index contributed by atoms with van der Waals surface area (Å²) >= 11 is 0. The van der Waals surface area contributed by atoms with Crippen molar-refractivity contribution in [3.05, 3.63) is 68.5 Å². The minimum atomic E-state index is -2.26. The first-order valence-electron chi connectivity index (χ1n) is 33.6. The summed E-state index contributed by atoms with van der Waals surface area (Å²) in [5, 5.41) is 59.4. The SMILES string of the molecule is COC(=O)[C@H]1O[C@@H](O[C@H]2C/C=C(\C)[C@@H]3C=C[C@@H]4[C@@H](O[C@H]5C[C@@H](O[C@H]6CC[C@@H](O[C@@H]7C[C@@H](O)[C@@H](O[C@H]8CC[C@@H](O)[C@H](C)O8)[C@H](C)O7)[C@H](C)O6)[C@@H](OC(C)=O)[C@H](COC(C)=O)O5)[C@@H](C)C[C@H](C)[C@H]4[C@]3(C)C(O)=C3C(=O)O[C@]4(CC(C=O)=C[C@H](O)[C@H]4C=C2C)C3=O)C[C@](C)([N+](=O)[O-])[C@H]1N. The number of esters is 4. The lowest BCUT2D eigenvalue weighted by molar-refractivity contribution is -0.583. The number of carbonyl (C=O) groups excluding carboxylic acids is 6. The zero-order valence-electron chi connectivity index (χ0n) is 56.5. The summed E-state index contributed by atoms with van der Waals surface area (Å²) in [6.07, 6.45) is -7.08. The van der Waals surface area contributed by atoms with E-state index >= 15 is 4.79 Å². The maximum Gasteiger partial charge on any atom is 0.346 e. The number of Topliss-reactive ketones (excluding diaryl/α,β-unsaturated/α-hetero) is 1. The van der Waals surface area contributed by atoms with Crippen LogP contribution in [0.4, 0.5) is 0 Å². The van der Waals surface area contributed by atoms with E-state index in [4.69, 9.17) is 72.0 Å². The predicted molar refractivity (Wildman–Crippen MR) is 331 cm³/mol. The van der Waals surface area contributed by atoms with Crippen molar-refractivity contribution < 1.29 is 120 Å². The van der Waals surface area contributed by atoms with E-state index in [9.17, 15) is 54.5 Å². The minimum Gasteiger partial charge on any atom is -0.511 e. The number of hydrogen-bond donors (Lipinski definition) is 5. The number of hydrogen-bond acceptors (Lipinski definition) is 27. The molecule has 0 amide bonds. The number of carbonyl (C=O) groups is 6. The fraction of sp³-hybridized carbons (Fsp3) is 0.765. The molecule has 28 heteroatoms. The largest absolute Gasteiger partial charge is 0.511 e. The molecule has 10 rings (SSSR count). The van der Waals surface area contributed by atoms with Crippen molar-refractivity contribution in [1.82, 2.24) is 0 Å². The van der Waals surface area contributed by atoms with Gasteiger partial charge in [0.15, 0.2) is 49.3 Å². The molecule has 10 aliphatic rings. The van der Waals surface area contributed by atoms with E-state index in [-0.39, 0.29) is 43.3 Å². The number of aliphatic hydroxyl groups is 4. The normalized spacial score (nSPS) is 45.7. The van der Waals surface area contributed by atoms with Crippen LogP contribution >= 0.6 is 0 Å². The van der Waals surface area contributed by atoms with E-state index in [1.165, 1.54) is 32.9 Å². The van der Waals surface area contributed by atoms with Crippen LogP contribution in [0.15, 0.2) is 58.4 Å². The molecule has 7 fully saturated rings. The monoisotopic (exact) mass is 1360 g/mol. The zero-order chi connectivity index (χ0) is 69.8. The second-order valence-corrected chi connectivity index (χ2v) is 28.5. The summed E-state index contributed by atoms with van der Waals surface area (Å²) in [4.78, 5) is 93.6. The van der Waals surface area contributed by atoms with Gasteiger partial charge in [0.1, 0.15) is 48.6 Å². The van der Waals surface area contributed by atoms with Crippen LogP contribution in [0.2, 0.25) is 0 Å². The van der Waals surface area contributed by atoms with Crippen molar-refractivity contribution in [1.29, 1.82) is 0 Å². The first-order chi connectivity index (χ1) is 45.3. The first-order valence-corrected chi connectivity index (χ1v) is 33.6. The van der Waals surface area contributed by atoms with Crippen molar-refractivity contribution in [2.75, 3.05) is 13.7 Å². The Morgan fingerprint density at radius 2 is 1.42 bits per heavy atom. The standard InChI is InChI=1S/C68H96N2O26/c1-30-13-17-46(89-54-27-66(10,70(81)82)61(69)60(95-54)65(80)83-12)31(2)22-42-44(75)23-39(28-71)26-68(42)63(78)55(64(79)96-68)62(77)67(11)41(30)15-14-40-56(67)32(3)21-33(4)57(40)94-53-25-48(59(88-38(9)73)49(92-53)29-84-37(8)72)91-50-20-18-47(35(6)86-50)90-52-24-45(76)58(36(7)87-52)93-51-19-16-43(74)34(5)85-51/h13-15,22-23,28,32-36,40-54,56-61,74-77H,16-21,24-27,29,69H2,1-12H3/b30-13+,31-22?,62-55?/t32-,33-,34-,35-,36-,40-,41-,42+,43+,44-,45+,46-,47+,48+,49-,50-,51-,52+,53-,54+,56+,57-,58-,59+,60-,61-,66-,67+,68-/m0/s1. The molecule has 534 valence electrons. The summed E-state index contributed by atoms with van der Waals surface area (Å²) < 4.78 is 87.0. The van der Waals surface area contributed by atoms with Crippen LogP contribution in [0.25, 0.3) is 0 Å². The van der Waals surface area contributed by atoms with Crippen LogP contribution in [0.1, 0.15) is 140 Å². The van der Waals surface area contributed by atoms with Gasteiger partial charge in [-0.3, -0.25) is 29.3 Å². The first kappa shape index (κ1) is 73.3. The van der Waals surface area contributed by atoms with Crippen LogP contribution in [-0.4, -0.2) is 209 Å². The second-order valence-electron chi connectivity index (χ2n) is 28.5. The van der Waals surface area contributed by atoms with E-state index in [0.717, 1.165) is 7.11 Å². The molecular formula is C68H96N2O26. The molecule has 29 atom stereocenters. The summed E-state index contributed by atoms with van der Waals surface area (Å²) in [5.74, 6) is -8.86. The summed E-state index contributed by atoms with van der Waals surface area (Å²) in [5.41, 5.74) is 0.892. The molecule has 6 N–H and O–H groups in total. The molecule has 0 radical (unpaired) electrons. The van der Waals surface area contributed by atoms with Crippen molar-refractivity contribution in [3.8, 4) is 0 Å². The number of ether oxygens (including phenoxy) is 14. The van der Waals surface area contributed by atoms with Crippen molar-refractivity contribution >= 4 is 35.9 Å². The number of methoxy groups -OCH3 is 1. The molecule has 0 aromatic carbocycles. The van der Waals surface area contributed by atoms with Gasteiger partial charge in [-0.05, 0) is 95.3 Å². The Balaban J connectivity index is 0.936. The van der Waals surface area contributed by atoms with E-state index in [1.807, 2.05) is 45.9 Å². The molecule has 0 aromatic heterocycles. The van der Waals surface area contributed by atoms with Crippen molar-refractivity contribution in [2.45, 2.75) is 274 Å². The lowest BCUT2D eigenvalue weighted by Crippen LogP contribution is -2.66. The predicted octanol–water partition coefficient (Wildman–Crippen LogP) is 4.66. The third kappa shape index (κ3) is 14.5. The maximum absolute atomic E-state index is 15.6. The van der Waals surface area contributed by atoms with Crippen LogP contribution in [0.3, 0.4) is 0 Å². The van der Waals surface area contributed by atoms with E-state index < -0.39 is 222 Å². The van der Waals surface area contributed by atoms with Crippen LogP contribution < -0.4 is 5.73 Å². The number of aldehydes is 1. The number of rotatable bonds is 16. The molecule has 6 aliphatic heterocycles. The maximum atomic E-state index is 15.6. The molecule has 1 saturated carbocycles. The van der Waals surface area contributed by atoms with Gasteiger partial charge in [-0.25, -0.2) is 9.59 Å². The van der Waals surface area contributed by atoms with Gasteiger partial charge in [0.2, 0.25) is 11.3 Å². The Morgan fingerprint density at radius 1 is 0.750 bits per heavy atom. The lowest BCUT2D eigenvalue weighted by Gasteiger charge is -2.57. The van der Waals surface area contributed by atoms with Gasteiger partial charge in [0, 0.05) is 75.0 Å².